The van der Waals surface area contributed by atoms with Gasteiger partial charge in [0.1, 0.15) is 11.5 Å². The summed E-state index contributed by atoms with van der Waals surface area (Å²) < 4.78 is 48.0. The minimum Gasteiger partial charge on any atom is -0.423 e. The van der Waals surface area contributed by atoms with Crippen LogP contribution in [0, 0.1) is 5.92 Å². The summed E-state index contributed by atoms with van der Waals surface area (Å²) >= 11 is 8.12. The van der Waals surface area contributed by atoms with Gasteiger partial charge >= 0.3 is 18.1 Å². The van der Waals surface area contributed by atoms with E-state index in [-0.39, 0.29) is 40.6 Å². The van der Waals surface area contributed by atoms with E-state index in [2.05, 4.69) is 50.5 Å². The van der Waals surface area contributed by atoms with Gasteiger partial charge in [0.15, 0.2) is 0 Å². The molecule has 1 saturated carbocycles. The van der Waals surface area contributed by atoms with Crippen LogP contribution < -0.4 is 9.47 Å². The molecule has 4 nitrogen and oxygen atoms in total. The van der Waals surface area contributed by atoms with Crippen molar-refractivity contribution in [3.05, 3.63) is 72.3 Å². The Morgan fingerprint density at radius 2 is 1.32 bits per heavy atom. The summed E-state index contributed by atoms with van der Waals surface area (Å²) in [5, 5.41) is 0. The molecular weight excluding hydrogens is 557 g/mol. The van der Waals surface area contributed by atoms with E-state index in [0.717, 1.165) is 37.7 Å². The average molecular weight is 593 g/mol. The Balaban J connectivity index is 1.69. The van der Waals surface area contributed by atoms with Crippen LogP contribution in [0.4, 0.5) is 13.2 Å². The number of hydrogen-bond donors (Lipinski definition) is 2. The maximum atomic E-state index is 12.4. The van der Waals surface area contributed by atoms with Gasteiger partial charge in [-0.1, -0.05) is 50.3 Å². The molecule has 3 rings (SSSR count). The van der Waals surface area contributed by atoms with Gasteiger partial charge in [-0.05, 0) is 72.8 Å². The number of ether oxygens (including phenoxy) is 2. The van der Waals surface area contributed by atoms with E-state index in [0.29, 0.717) is 23.8 Å². The quantitative estimate of drug-likeness (QED) is 0.0853. The zero-order chi connectivity index (χ0) is 29.3. The molecule has 2 aromatic carbocycles. The third-order valence-corrected chi connectivity index (χ3v) is 7.91. The molecule has 0 radical (unpaired) electrons. The molecule has 0 N–H and O–H groups in total. The second kappa shape index (κ2) is 14.8. The summed E-state index contributed by atoms with van der Waals surface area (Å²) in [6, 6.07) is 12.9. The molecule has 2 aromatic rings. The Bertz CT molecular complexity index is 1150. The number of esters is 2. The molecule has 0 bridgehead atoms. The van der Waals surface area contributed by atoms with Crippen LogP contribution in [0.25, 0.3) is 11.1 Å². The van der Waals surface area contributed by atoms with Crippen molar-refractivity contribution in [1.29, 1.82) is 0 Å². The van der Waals surface area contributed by atoms with Gasteiger partial charge in [-0.3, -0.25) is 0 Å². The molecule has 9 heteroatoms. The predicted molar refractivity (Wildman–Crippen MR) is 158 cm³/mol. The van der Waals surface area contributed by atoms with Gasteiger partial charge in [0.05, 0.1) is 0 Å². The predicted octanol–water partition coefficient (Wildman–Crippen LogP) is 8.53. The molecule has 40 heavy (non-hydrogen) atoms. The van der Waals surface area contributed by atoms with Gasteiger partial charge in [0, 0.05) is 35.1 Å². The van der Waals surface area contributed by atoms with Crippen LogP contribution >= 0.6 is 25.3 Å². The fourth-order valence-electron chi connectivity index (χ4n) is 4.83. The van der Waals surface area contributed by atoms with Crippen molar-refractivity contribution in [2.24, 2.45) is 5.92 Å². The Morgan fingerprint density at radius 3 is 1.80 bits per heavy atom. The Hall–Kier alpha value is -2.65. The van der Waals surface area contributed by atoms with Crippen molar-refractivity contribution in [2.45, 2.75) is 63.5 Å². The Kier molecular flexibility index (Phi) is 11.8. The summed E-state index contributed by atoms with van der Waals surface area (Å²) in [7, 11) is 0. The summed E-state index contributed by atoms with van der Waals surface area (Å²) in [4.78, 5) is 24.6. The van der Waals surface area contributed by atoms with Crippen LogP contribution in [0.15, 0.2) is 66.8 Å². The van der Waals surface area contributed by atoms with Gasteiger partial charge < -0.3 is 9.47 Å². The third-order valence-electron chi connectivity index (χ3n) is 7.15. The highest BCUT2D eigenvalue weighted by molar-refractivity contribution is 7.80. The van der Waals surface area contributed by atoms with Crippen LogP contribution in [0.3, 0.4) is 0 Å². The molecule has 0 aromatic heterocycles. The van der Waals surface area contributed by atoms with E-state index < -0.39 is 24.5 Å². The number of hydrogen-bond acceptors (Lipinski definition) is 6. The molecule has 1 aliphatic rings. The lowest BCUT2D eigenvalue weighted by Gasteiger charge is -2.29. The van der Waals surface area contributed by atoms with Crippen LogP contribution in [0.5, 0.6) is 11.5 Å². The smallest absolute Gasteiger partial charge is 0.389 e. The average Bonchev–Trinajstić information content (AvgIpc) is 2.94. The summed E-state index contributed by atoms with van der Waals surface area (Å²) in [5.41, 5.74) is 3.13. The lowest BCUT2D eigenvalue weighted by Crippen LogP contribution is -2.14. The lowest BCUT2D eigenvalue weighted by molar-refractivity contribution is -0.136. The molecule has 0 aliphatic heterocycles. The number of carbonyl (C=O) groups excluding carboxylic acids is 2. The van der Waals surface area contributed by atoms with Gasteiger partial charge in [-0.2, -0.15) is 38.4 Å². The third kappa shape index (κ3) is 9.77. The number of alkyl halides is 3. The van der Waals surface area contributed by atoms with Crippen molar-refractivity contribution >= 4 is 37.2 Å². The summed E-state index contributed by atoms with van der Waals surface area (Å²) in [6.07, 6.45) is 1.01. The molecule has 0 heterocycles. The largest absolute Gasteiger partial charge is 0.423 e. The minimum absolute atomic E-state index is 0.142. The van der Waals surface area contributed by atoms with Gasteiger partial charge in [0.2, 0.25) is 0 Å². The number of halogens is 3. The second-order valence-electron chi connectivity index (χ2n) is 10.2. The molecular formula is C31H35F3O4S2. The first kappa shape index (κ1) is 31.9. The molecule has 0 unspecified atom stereocenters. The maximum absolute atomic E-state index is 12.4. The van der Waals surface area contributed by atoms with Crippen molar-refractivity contribution < 1.29 is 32.2 Å². The zero-order valence-electron chi connectivity index (χ0n) is 22.3. The van der Waals surface area contributed by atoms with Gasteiger partial charge in [-0.25, -0.2) is 9.59 Å². The first-order chi connectivity index (χ1) is 19.0. The second-order valence-corrected chi connectivity index (χ2v) is 10.8. The normalized spacial score (nSPS) is 17.2. The monoisotopic (exact) mass is 592 g/mol. The highest BCUT2D eigenvalue weighted by Gasteiger charge is 2.27. The molecule has 1 fully saturated rings. The van der Waals surface area contributed by atoms with Crippen molar-refractivity contribution in [3.63, 3.8) is 0 Å². The summed E-state index contributed by atoms with van der Waals surface area (Å²) in [6.45, 7) is 7.29. The Labute approximate surface area is 244 Å². The van der Waals surface area contributed by atoms with Crippen LogP contribution in [-0.2, 0) is 9.59 Å². The molecule has 0 amide bonds. The van der Waals surface area contributed by atoms with Crippen LogP contribution in [0.1, 0.15) is 62.8 Å². The van der Waals surface area contributed by atoms with E-state index in [1.54, 1.807) is 12.1 Å². The molecule has 1 aliphatic carbocycles. The molecule has 0 atom stereocenters. The van der Waals surface area contributed by atoms with E-state index in [1.807, 2.05) is 12.1 Å². The van der Waals surface area contributed by atoms with Gasteiger partial charge in [-0.15, -0.1) is 0 Å². The fraction of sp³-hybridized carbons (Fsp3) is 0.419. The molecule has 216 valence electrons. The van der Waals surface area contributed by atoms with Crippen molar-refractivity contribution in [1.82, 2.24) is 0 Å². The van der Waals surface area contributed by atoms with E-state index in [1.165, 1.54) is 11.6 Å². The highest BCUT2D eigenvalue weighted by atomic mass is 32.1. The highest BCUT2D eigenvalue weighted by Crippen LogP contribution is 2.39. The molecule has 0 spiro atoms. The number of rotatable bonds is 12. The number of thiol groups is 2. The number of unbranched alkanes of at least 4 members (excludes halogenated alkanes) is 1. The SMILES string of the molecule is C=C(CS)C(=O)Oc1cc(OC(=O)C(=C)CS)cc(-c2ccc(C3CCC(CCCCC(F)(F)F)CC3)cc2)c1. The molecule has 0 saturated heterocycles. The van der Waals surface area contributed by atoms with Crippen LogP contribution in [-0.4, -0.2) is 29.6 Å². The zero-order valence-corrected chi connectivity index (χ0v) is 24.1. The van der Waals surface area contributed by atoms with E-state index in [9.17, 15) is 22.8 Å². The lowest BCUT2D eigenvalue weighted by atomic mass is 9.77. The number of carbonyl (C=O) groups is 2. The van der Waals surface area contributed by atoms with Gasteiger partial charge in [0.25, 0.3) is 0 Å². The standard InChI is InChI=1S/C31H35F3O4S2/c1-20(18-39)29(35)37-27-15-26(16-28(17-27)38-30(36)21(2)19-40)25-12-10-24(11-13-25)23-8-6-22(7-9-23)5-3-4-14-31(32,33)34/h10-13,15-17,22-23,39-40H,1-9,14,18-19H2. The van der Waals surface area contributed by atoms with E-state index in [4.69, 9.17) is 9.47 Å². The topological polar surface area (TPSA) is 52.6 Å². The van der Waals surface area contributed by atoms with Crippen molar-refractivity contribution in [3.8, 4) is 22.6 Å². The summed E-state index contributed by atoms with van der Waals surface area (Å²) in [5.74, 6) is 0.319. The van der Waals surface area contributed by atoms with Crippen molar-refractivity contribution in [2.75, 3.05) is 11.5 Å². The minimum atomic E-state index is -4.07. The first-order valence-corrected chi connectivity index (χ1v) is 14.6. The maximum Gasteiger partial charge on any atom is 0.389 e. The fourth-order valence-corrected chi connectivity index (χ4v) is 5.09. The Morgan fingerprint density at radius 1 is 0.800 bits per heavy atom. The number of benzene rings is 2. The first-order valence-electron chi connectivity index (χ1n) is 13.3. The van der Waals surface area contributed by atoms with E-state index >= 15 is 0 Å². The van der Waals surface area contributed by atoms with Crippen LogP contribution in [0.2, 0.25) is 0 Å².